The summed E-state index contributed by atoms with van der Waals surface area (Å²) in [5.41, 5.74) is 24.1. The van der Waals surface area contributed by atoms with Gasteiger partial charge in [-0.05, 0) is 17.9 Å². The number of phosphoric ester groups is 5. The van der Waals surface area contributed by atoms with Gasteiger partial charge < -0.3 is 129 Å². The zero-order valence-corrected chi connectivity index (χ0v) is 85.7. The molecule has 0 saturated carbocycles. The van der Waals surface area contributed by atoms with E-state index in [2.05, 4.69) is 81.6 Å². The molecule has 13 unspecified atom stereocenters. The minimum Gasteiger partial charge on any atom is -0.394 e. The lowest BCUT2D eigenvalue weighted by Crippen LogP contribution is -2.40. The summed E-state index contributed by atoms with van der Waals surface area (Å²) in [6.45, 7) is -16.8. The summed E-state index contributed by atoms with van der Waals surface area (Å²) in [5, 5.41) is 10.0. The number of anilines is 5. The molecule has 7 aliphatic rings. The summed E-state index contributed by atoms with van der Waals surface area (Å²) in [6, 6.07) is 1.96. The Kier molecular flexibility index (Phi) is 33.7. The van der Waals surface area contributed by atoms with Crippen molar-refractivity contribution in [1.29, 1.82) is 0 Å². The fourth-order valence-electron chi connectivity index (χ4n) is 17.5. The number of aliphatic hydroxyl groups excluding tert-OH is 1. The third kappa shape index (κ3) is 24.0. The molecule has 20 N–H and O–H groups in total. The summed E-state index contributed by atoms with van der Waals surface area (Å²) in [4.78, 5) is 189. The summed E-state index contributed by atoms with van der Waals surface area (Å²) in [5.74, 6) is -1.31. The molecule has 70 nitrogen and oxygen atoms in total. The number of hydrogen-bond donors (Lipinski definition) is 16. The van der Waals surface area contributed by atoms with Crippen molar-refractivity contribution in [2.24, 2.45) is 0 Å². The molecule has 818 valence electrons. The first-order chi connectivity index (χ1) is 70.7. The van der Waals surface area contributed by atoms with E-state index in [1.807, 2.05) is 4.98 Å². The van der Waals surface area contributed by atoms with E-state index in [0.717, 1.165) is 106 Å². The molecule has 7 aliphatic heterocycles. The predicted octanol–water partition coefficient (Wildman–Crippen LogP) is -2.89. The SMILES string of the molecule is CO[C@H]1C(OP(=O)(O)OC[C@H]2O[C@@H](n3cnc4c(=O)[nH]c(N)nc43)[C@@H](OC)C2OP(O)(=S)OC[C@H]2O[C@@H](n3cnc4c(N)ncnc43)[C@@H](OC)C2OP(=O)(S)O[C@H]2CCO[C@H]2CO)[C@@H](COP(=O)(O)OC2[C@@H](COP(=O)(O)OC3[C@@H](COP(=O)(O)OC4[C@@H](COP(=O)(O)OC)O[C@@H](n5cnc6c(N)ncnc65)[C@H]4OC)O[C@@H](n4cnc5c(=O)[nH]c(N)nc54)[C@H]3OC)O[C@@H](n3ccc(=O)[nH]c3=O)[C@H]2OC)O[C@H]1n1ccc(N)nc1=O. The van der Waals surface area contributed by atoms with Crippen LogP contribution in [0.2, 0.25) is 0 Å². The van der Waals surface area contributed by atoms with Crippen molar-refractivity contribution >= 4 is 151 Å². The van der Waals surface area contributed by atoms with Crippen LogP contribution in [0.4, 0.5) is 29.4 Å². The summed E-state index contributed by atoms with van der Waals surface area (Å²) < 4.78 is 251. The quantitative estimate of drug-likeness (QED) is 0.0134. The predicted molar refractivity (Wildman–Crippen MR) is 498 cm³/mol. The molecule has 0 aromatic carbocycles. The molecule has 33 atom stereocenters. The molecular formula is C70H96N25O45P7S2. The number of ether oxygens (including phenoxy) is 13. The van der Waals surface area contributed by atoms with Crippen LogP contribution in [0.5, 0.6) is 0 Å². The van der Waals surface area contributed by atoms with Gasteiger partial charge in [0.1, 0.15) is 145 Å². The van der Waals surface area contributed by atoms with E-state index in [1.54, 1.807) is 0 Å². The highest BCUT2D eigenvalue weighted by Crippen LogP contribution is 2.62. The number of fused-ring (bicyclic) bond motifs is 4. The average Bonchev–Trinajstić information content (AvgIpc) is 1.64. The van der Waals surface area contributed by atoms with Crippen molar-refractivity contribution < 1.29 is 187 Å². The molecule has 17 heterocycles. The molecule has 149 heavy (non-hydrogen) atoms. The number of methoxy groups -OCH3 is 6. The molecule has 79 heteroatoms. The highest BCUT2D eigenvalue weighted by Gasteiger charge is 2.60. The number of rotatable bonds is 46. The van der Waals surface area contributed by atoms with Gasteiger partial charge in [-0.2, -0.15) is 15.0 Å². The number of H-pyrrole nitrogens is 3. The number of phosphoric acid groups is 5. The second kappa shape index (κ2) is 45.1. The van der Waals surface area contributed by atoms with Crippen LogP contribution in [0, 0.1) is 0 Å². The first kappa shape index (κ1) is 112. The number of imidazole rings is 4. The van der Waals surface area contributed by atoms with Gasteiger partial charge in [-0.1, -0.05) is 12.2 Å². The lowest BCUT2D eigenvalue weighted by Gasteiger charge is -2.30. The van der Waals surface area contributed by atoms with Gasteiger partial charge in [-0.25, -0.2) is 76.9 Å². The Balaban J connectivity index is 0.624. The van der Waals surface area contributed by atoms with E-state index in [-0.39, 0.29) is 75.1 Å². The van der Waals surface area contributed by atoms with Crippen LogP contribution in [0.3, 0.4) is 0 Å². The van der Waals surface area contributed by atoms with E-state index in [4.69, 9.17) is 161 Å². The average molecular weight is 2290 g/mol. The molecule has 7 saturated heterocycles. The summed E-state index contributed by atoms with van der Waals surface area (Å²) in [6.07, 6.45) is -35.6. The molecule has 0 bridgehead atoms. The van der Waals surface area contributed by atoms with Gasteiger partial charge in [-0.3, -0.25) is 116 Å². The third-order valence-electron chi connectivity index (χ3n) is 24.1. The molecular weight excluding hydrogens is 2190 g/mol. The number of aromatic amines is 3. The van der Waals surface area contributed by atoms with Crippen molar-refractivity contribution in [3.8, 4) is 0 Å². The minimum absolute atomic E-state index is 0.0342. The van der Waals surface area contributed by atoms with Gasteiger partial charge >= 0.3 is 64.0 Å². The van der Waals surface area contributed by atoms with Crippen LogP contribution >= 0.6 is 64.9 Å². The van der Waals surface area contributed by atoms with E-state index in [0.29, 0.717) is 4.57 Å². The Hall–Kier alpha value is -8.62. The Bertz CT molecular complexity index is 7240. The number of aromatic nitrogens is 20. The summed E-state index contributed by atoms with van der Waals surface area (Å²) in [7, 11) is -21.0. The minimum atomic E-state index is -5.98. The van der Waals surface area contributed by atoms with E-state index >= 15 is 4.57 Å². The molecule has 17 rings (SSSR count). The molecule has 0 aliphatic carbocycles. The van der Waals surface area contributed by atoms with Gasteiger partial charge in [0.05, 0.1) is 77.7 Å². The summed E-state index contributed by atoms with van der Waals surface area (Å²) >= 11 is 9.96. The van der Waals surface area contributed by atoms with Crippen LogP contribution < -0.4 is 56.7 Å². The van der Waals surface area contributed by atoms with Crippen LogP contribution in [-0.2, 0) is 164 Å². The monoisotopic (exact) mass is 2290 g/mol. The van der Waals surface area contributed by atoms with Gasteiger partial charge in [0.25, 0.3) is 16.7 Å². The zero-order chi connectivity index (χ0) is 107. The van der Waals surface area contributed by atoms with Crippen molar-refractivity contribution in [1.82, 2.24) is 97.2 Å². The number of nitrogens with two attached hydrogens (primary N) is 5. The fraction of sp³-hybridized carbons (Fsp3) is 0.600. The Labute approximate surface area is 842 Å². The van der Waals surface area contributed by atoms with Crippen LogP contribution in [0.1, 0.15) is 43.8 Å². The van der Waals surface area contributed by atoms with E-state index in [9.17, 15) is 81.3 Å². The van der Waals surface area contributed by atoms with Crippen molar-refractivity contribution in [2.75, 3.05) is 131 Å². The molecule has 0 amide bonds. The maximum absolute atomic E-state index is 15.1. The van der Waals surface area contributed by atoms with Crippen molar-refractivity contribution in [3.05, 3.63) is 115 Å². The molecule has 10 aromatic heterocycles. The topological polar surface area (TPSA) is 927 Å². The smallest absolute Gasteiger partial charge is 0.394 e. The number of nitrogens with zero attached hydrogens (tertiary/aromatic N) is 17. The fourth-order valence-corrected chi connectivity index (χ4v) is 25.1. The van der Waals surface area contributed by atoms with Crippen LogP contribution in [0.25, 0.3) is 44.7 Å². The van der Waals surface area contributed by atoms with Crippen molar-refractivity contribution in [3.63, 3.8) is 0 Å². The van der Waals surface area contributed by atoms with Crippen molar-refractivity contribution in [2.45, 2.75) is 166 Å². The second-order valence-electron chi connectivity index (χ2n) is 33.1. The molecule has 0 radical (unpaired) electrons. The number of nitrogen functional groups attached to an aromatic ring is 5. The third-order valence-corrected chi connectivity index (χ3v) is 32.2. The molecule has 7 fully saturated rings. The zero-order valence-electron chi connectivity index (χ0n) is 77.8. The maximum Gasteiger partial charge on any atom is 0.472 e. The highest BCUT2D eigenvalue weighted by atomic mass is 32.7. The maximum atomic E-state index is 15.1. The normalized spacial score (nSPS) is 31.7. The lowest BCUT2D eigenvalue weighted by molar-refractivity contribution is -0.0678. The first-order valence-electron chi connectivity index (χ1n) is 43.5. The Morgan fingerprint density at radius 1 is 0.396 bits per heavy atom. The van der Waals surface area contributed by atoms with Gasteiger partial charge in [0.15, 0.2) is 82.6 Å². The lowest BCUT2D eigenvalue weighted by atomic mass is 10.1. The van der Waals surface area contributed by atoms with Crippen LogP contribution in [-0.4, -0.2) is 356 Å². The first-order valence-corrected chi connectivity index (χ1v) is 56.3. The highest BCUT2D eigenvalue weighted by molar-refractivity contribution is 8.44. The van der Waals surface area contributed by atoms with Gasteiger partial charge in [-0.15, -0.1) is 0 Å². The van der Waals surface area contributed by atoms with Crippen LogP contribution in [0.15, 0.2) is 86.5 Å². The molecule has 0 spiro atoms. The number of thiol groups is 1. The standard InChI is InChI=1S/C70H96N25O45P7S2/c1-114-47-41(135-145(110,111)126-19-33-45(51(118-5)66(132-33)95-26-83-40-58(95)87-68(75)89-60(40)99)139-146(112,148)127-20-34-46(140-147(113,149)134-27-10-13-121-28(27)14-96)52(119-6)64(133-34)93-24-81-38-54(73)77-22-79-56(38)93)30(128-61(47)90-11-8-35(71)84-69(90)100)16-123-142(104,105)136-42-31(129-62(48(42)115-2)91-12-9-36(97)85-70(91)101)17-124-143(106,107)138-44-32(131-65(50(44)117-4)94-25-82-39-57(94)86-67(74)88-59(39)98)18-125-144(108,109)137-43-29(15-122-141(102,103)120-7)130-63(49(43)116-3)92-23-80-37-53(72)76-21-78-55(37)92/h8-9,11-12,21-34,41-52,61-66,96H,10,13-20H2,1-7H3,(H,102,103)(H,104,105)(H,106,107)(H,108,109)(H,110,111)(H,112,148)(H,113,149)(H2,71,84,100)(H2,72,76,78)(H2,73,77,79)(H,85,97,101)(H3,74,86,88,98)(H3,75,87,89,99)/t27-,28-,29+,30+,31+,32+,33+,34+,41?,42?,43?,44?,45?,46?,47-,48-,49-,50-,51-,52-,61+,62+,63+,64+,65+,66+,146?,147?/m0/s1. The largest absolute Gasteiger partial charge is 0.472 e. The Morgan fingerprint density at radius 3 is 1.09 bits per heavy atom. The van der Waals surface area contributed by atoms with Gasteiger partial charge in [0.2, 0.25) is 11.9 Å². The van der Waals surface area contributed by atoms with E-state index in [1.165, 1.54) is 28.9 Å². The number of hydrogen-bond acceptors (Lipinski definition) is 56. The molecule has 10 aromatic rings. The van der Waals surface area contributed by atoms with Gasteiger partial charge in [0, 0.05) is 81.3 Å². The number of nitrogens with one attached hydrogen (secondary N) is 3. The Morgan fingerprint density at radius 2 is 0.732 bits per heavy atom. The number of aliphatic hydroxyl groups is 1. The second-order valence-corrected chi connectivity index (χ2v) is 45.9. The van der Waals surface area contributed by atoms with E-state index < -0.39 is 298 Å².